The Morgan fingerprint density at radius 1 is 0.833 bits per heavy atom. The molecular weight excluding hydrogens is 721 g/mol. The van der Waals surface area contributed by atoms with Crippen molar-refractivity contribution < 1.29 is 22.7 Å². The Labute approximate surface area is 321 Å². The Kier molecular flexibility index (Phi) is 11.0. The minimum atomic E-state index is -2.18. The van der Waals surface area contributed by atoms with Gasteiger partial charge in [-0.15, -0.1) is 5.10 Å². The number of aromatic nitrogens is 4. The van der Waals surface area contributed by atoms with Gasteiger partial charge in [0.05, 0.1) is 16.3 Å². The molecule has 0 aliphatic carbocycles. The second-order valence-corrected chi connectivity index (χ2v) is 17.2. The quantitative estimate of drug-likeness (QED) is 0.119. The topological polar surface area (TPSA) is 140 Å². The molecule has 2 amide bonds. The van der Waals surface area contributed by atoms with Gasteiger partial charge in [-0.25, -0.2) is 9.19 Å². The van der Waals surface area contributed by atoms with Crippen LogP contribution in [0.2, 0.25) is 0 Å². The number of carbonyl (C=O) groups excluding carboxylic acids is 2. The first kappa shape index (κ1) is 38.3. The maximum atomic E-state index is 13.6. The zero-order valence-electron chi connectivity index (χ0n) is 31.5. The SMILES string of the molecule is Cc1ccc(OS(=O)C(Oc2cccc(C)c2)C(=O)Nc2ccc(-c3nc4c(Sc5ccccc5NC(=O)C(C)(C)C)c(C(C)(C)C)[nH]n4n3)cc2)cc1. The molecule has 0 aliphatic rings. The Bertz CT molecular complexity index is 2320. The number of rotatable bonds is 11. The predicted octanol–water partition coefficient (Wildman–Crippen LogP) is 8.86. The fourth-order valence-electron chi connectivity index (χ4n) is 5.24. The van der Waals surface area contributed by atoms with E-state index < -0.39 is 27.8 Å². The summed E-state index contributed by atoms with van der Waals surface area (Å²) in [5, 5.41) is 14.1. The number of anilines is 2. The lowest BCUT2D eigenvalue weighted by atomic mass is 9.92. The smallest absolute Gasteiger partial charge is 0.287 e. The highest BCUT2D eigenvalue weighted by atomic mass is 32.2. The Hall–Kier alpha value is -5.40. The van der Waals surface area contributed by atoms with Gasteiger partial charge in [0.15, 0.2) is 11.5 Å². The van der Waals surface area contributed by atoms with Crippen LogP contribution in [0, 0.1) is 19.3 Å². The molecule has 0 spiro atoms. The van der Waals surface area contributed by atoms with E-state index in [9.17, 15) is 13.8 Å². The molecule has 280 valence electrons. The number of hydrogen-bond donors (Lipinski definition) is 3. The van der Waals surface area contributed by atoms with Gasteiger partial charge in [0.2, 0.25) is 5.91 Å². The van der Waals surface area contributed by atoms with Gasteiger partial charge in [0.25, 0.3) is 22.4 Å². The van der Waals surface area contributed by atoms with E-state index in [0.717, 1.165) is 37.9 Å². The summed E-state index contributed by atoms with van der Waals surface area (Å²) in [7, 11) is 0. The number of benzene rings is 4. The Balaban J connectivity index is 1.24. The second-order valence-electron chi connectivity index (χ2n) is 15.0. The molecule has 0 saturated carbocycles. The highest BCUT2D eigenvalue weighted by molar-refractivity contribution is 7.99. The maximum absolute atomic E-state index is 13.6. The summed E-state index contributed by atoms with van der Waals surface area (Å²) in [6.07, 6.45) is 0. The van der Waals surface area contributed by atoms with Crippen LogP contribution in [-0.4, -0.2) is 41.3 Å². The van der Waals surface area contributed by atoms with E-state index in [0.29, 0.717) is 28.7 Å². The number of aromatic amines is 1. The lowest BCUT2D eigenvalue weighted by molar-refractivity contribution is -0.123. The second kappa shape index (κ2) is 15.5. The van der Waals surface area contributed by atoms with Gasteiger partial charge < -0.3 is 19.6 Å². The Morgan fingerprint density at radius 3 is 2.20 bits per heavy atom. The molecule has 6 aromatic rings. The molecule has 2 atom stereocenters. The average Bonchev–Trinajstić information content (AvgIpc) is 3.68. The van der Waals surface area contributed by atoms with Crippen LogP contribution in [0.1, 0.15) is 58.4 Å². The predicted molar refractivity (Wildman–Crippen MR) is 214 cm³/mol. The van der Waals surface area contributed by atoms with Crippen LogP contribution in [0.25, 0.3) is 17.0 Å². The number of H-pyrrole nitrogens is 1. The molecule has 11 nitrogen and oxygen atoms in total. The van der Waals surface area contributed by atoms with Gasteiger partial charge in [-0.1, -0.05) is 95.3 Å². The van der Waals surface area contributed by atoms with Crippen LogP contribution in [0.3, 0.4) is 0 Å². The first-order chi connectivity index (χ1) is 25.5. The zero-order valence-corrected chi connectivity index (χ0v) is 33.1. The molecule has 0 fully saturated rings. The van der Waals surface area contributed by atoms with E-state index in [2.05, 4.69) is 36.5 Å². The summed E-state index contributed by atoms with van der Waals surface area (Å²) in [4.78, 5) is 33.2. The van der Waals surface area contributed by atoms with Crippen molar-refractivity contribution in [3.63, 3.8) is 0 Å². The number of nitrogens with one attached hydrogen (secondary N) is 3. The molecule has 0 bridgehead atoms. The summed E-state index contributed by atoms with van der Waals surface area (Å²) in [5.41, 5.74) is 3.14. The number of nitrogens with zero attached hydrogens (tertiary/aromatic N) is 3. The van der Waals surface area contributed by atoms with E-state index in [4.69, 9.17) is 19.0 Å². The Morgan fingerprint density at radius 2 is 1.54 bits per heavy atom. The van der Waals surface area contributed by atoms with Crippen molar-refractivity contribution in [1.29, 1.82) is 0 Å². The van der Waals surface area contributed by atoms with Gasteiger partial charge in [-0.3, -0.25) is 14.7 Å². The highest BCUT2D eigenvalue weighted by Gasteiger charge is 2.31. The largest absolute Gasteiger partial charge is 0.463 e. The van der Waals surface area contributed by atoms with Crippen LogP contribution in [-0.2, 0) is 26.1 Å². The van der Waals surface area contributed by atoms with E-state index in [1.54, 1.807) is 59.2 Å². The third-order valence-electron chi connectivity index (χ3n) is 8.26. The van der Waals surface area contributed by atoms with Crippen LogP contribution in [0.5, 0.6) is 11.5 Å². The first-order valence-corrected chi connectivity index (χ1v) is 19.4. The van der Waals surface area contributed by atoms with Crippen molar-refractivity contribution >= 4 is 51.7 Å². The lowest BCUT2D eigenvalue weighted by Gasteiger charge is -2.20. The standard InChI is InChI=1S/C41H44N6O5S2/c1-25-16-22-29(23-17-25)52-54(50)38(51-30-13-11-12-26(2)24-30)37(48)42-28-20-18-27(19-21-28)35-44-36-33(34(40(3,4)5)45-47(36)46-35)53-32-15-10-9-14-31(32)43-39(49)41(6,7)8/h9-24,38,45H,1-8H3,(H,42,48)(H,43,49). The van der Waals surface area contributed by atoms with E-state index in [1.807, 2.05) is 77.1 Å². The number of aryl methyl sites for hydroxylation is 2. The molecule has 2 aromatic heterocycles. The lowest BCUT2D eigenvalue weighted by Crippen LogP contribution is -2.38. The normalized spacial score (nSPS) is 13.0. The third kappa shape index (κ3) is 9.03. The zero-order chi connectivity index (χ0) is 38.8. The van der Waals surface area contributed by atoms with Crippen LogP contribution in [0.15, 0.2) is 107 Å². The number of hydrogen-bond acceptors (Lipinski definition) is 8. The van der Waals surface area contributed by atoms with Crippen molar-refractivity contribution in [2.75, 3.05) is 10.6 Å². The fraction of sp³-hybridized carbons (Fsp3) is 0.268. The first-order valence-electron chi connectivity index (χ1n) is 17.4. The van der Waals surface area contributed by atoms with Crippen LogP contribution >= 0.6 is 11.8 Å². The van der Waals surface area contributed by atoms with Crippen molar-refractivity contribution in [3.8, 4) is 22.9 Å². The minimum absolute atomic E-state index is 0.0756. The summed E-state index contributed by atoms with van der Waals surface area (Å²) < 4.78 is 26.7. The number of fused-ring (bicyclic) bond motifs is 1. The summed E-state index contributed by atoms with van der Waals surface area (Å²) in [5.74, 6) is 0.500. The molecule has 2 heterocycles. The van der Waals surface area contributed by atoms with E-state index in [-0.39, 0.29) is 11.3 Å². The molecule has 6 rings (SSSR count). The molecule has 3 N–H and O–H groups in total. The van der Waals surface area contributed by atoms with Gasteiger partial charge in [0.1, 0.15) is 11.5 Å². The molecule has 13 heteroatoms. The van der Waals surface area contributed by atoms with Gasteiger partial charge in [-0.2, -0.15) is 4.63 Å². The number of ether oxygens (including phenoxy) is 1. The van der Waals surface area contributed by atoms with Crippen molar-refractivity contribution in [2.24, 2.45) is 5.41 Å². The summed E-state index contributed by atoms with van der Waals surface area (Å²) in [6, 6.07) is 29.0. The van der Waals surface area contributed by atoms with E-state index in [1.165, 1.54) is 11.8 Å². The van der Waals surface area contributed by atoms with Crippen LogP contribution in [0.4, 0.5) is 11.4 Å². The van der Waals surface area contributed by atoms with Gasteiger partial charge >= 0.3 is 0 Å². The number of carbonyl (C=O) groups is 2. The molecule has 4 aromatic carbocycles. The molecule has 2 unspecified atom stereocenters. The van der Waals surface area contributed by atoms with Crippen molar-refractivity contribution in [2.45, 2.75) is 76.0 Å². The monoisotopic (exact) mass is 764 g/mol. The molecule has 54 heavy (non-hydrogen) atoms. The number of para-hydroxylation sites is 1. The van der Waals surface area contributed by atoms with Crippen molar-refractivity contribution in [1.82, 2.24) is 19.8 Å². The summed E-state index contributed by atoms with van der Waals surface area (Å²) in [6.45, 7) is 15.8. The minimum Gasteiger partial charge on any atom is -0.463 e. The van der Waals surface area contributed by atoms with Gasteiger partial charge in [0, 0.05) is 27.0 Å². The molecule has 0 aliphatic heterocycles. The van der Waals surface area contributed by atoms with Crippen molar-refractivity contribution in [3.05, 3.63) is 114 Å². The molecular formula is C41H44N6O5S2. The highest BCUT2D eigenvalue weighted by Crippen LogP contribution is 2.42. The summed E-state index contributed by atoms with van der Waals surface area (Å²) >= 11 is -0.665. The average molecular weight is 765 g/mol. The third-order valence-corrected chi connectivity index (χ3v) is 10.4. The molecule has 0 radical (unpaired) electrons. The van der Waals surface area contributed by atoms with E-state index >= 15 is 0 Å². The number of amides is 2. The van der Waals surface area contributed by atoms with Crippen LogP contribution < -0.4 is 19.6 Å². The fourth-order valence-corrected chi connectivity index (χ4v) is 7.32. The molecule has 0 saturated heterocycles. The van der Waals surface area contributed by atoms with Gasteiger partial charge in [-0.05, 0) is 80.1 Å². The maximum Gasteiger partial charge on any atom is 0.287 e.